The van der Waals surface area contributed by atoms with Crippen molar-refractivity contribution in [2.75, 3.05) is 12.3 Å². The molecule has 0 aromatic carbocycles. The molecule has 19 heavy (non-hydrogen) atoms. The zero-order valence-electron chi connectivity index (χ0n) is 11.1. The third kappa shape index (κ3) is 1.98. The highest BCUT2D eigenvalue weighted by Crippen LogP contribution is 2.34. The second-order valence-corrected chi connectivity index (χ2v) is 6.14. The molecule has 1 saturated heterocycles. The maximum atomic E-state index is 12.6. The number of amides is 1. The van der Waals surface area contributed by atoms with Crippen LogP contribution in [0, 0.1) is 6.92 Å². The molecule has 2 aromatic rings. The maximum absolute atomic E-state index is 12.6. The summed E-state index contributed by atoms with van der Waals surface area (Å²) in [7, 11) is 0. The Morgan fingerprint density at radius 1 is 1.53 bits per heavy atom. The lowest BCUT2D eigenvalue weighted by molar-refractivity contribution is 0.0753. The van der Waals surface area contributed by atoms with Gasteiger partial charge in [0.1, 0.15) is 9.71 Å². The number of hydrogen-bond acceptors (Lipinski definition) is 4. The second kappa shape index (κ2) is 4.49. The monoisotopic (exact) mass is 275 g/mol. The molecule has 1 aliphatic heterocycles. The van der Waals surface area contributed by atoms with Gasteiger partial charge in [-0.3, -0.25) is 4.79 Å². The number of aryl methyl sites for hydroxylation is 1. The minimum absolute atomic E-state index is 0.0585. The molecule has 4 nitrogen and oxygen atoms in total. The first-order valence-electron chi connectivity index (χ1n) is 6.54. The van der Waals surface area contributed by atoms with Crippen LogP contribution < -0.4 is 5.73 Å². The van der Waals surface area contributed by atoms with Gasteiger partial charge in [0, 0.05) is 23.7 Å². The summed E-state index contributed by atoms with van der Waals surface area (Å²) in [5.41, 5.74) is 7.65. The van der Waals surface area contributed by atoms with Crippen molar-refractivity contribution in [1.82, 2.24) is 9.88 Å². The quantitative estimate of drug-likeness (QED) is 0.870. The van der Waals surface area contributed by atoms with Gasteiger partial charge in [0.05, 0.1) is 5.69 Å². The van der Waals surface area contributed by atoms with E-state index in [1.165, 1.54) is 11.3 Å². The predicted octanol–water partition coefficient (Wildman–Crippen LogP) is 2.81. The van der Waals surface area contributed by atoms with E-state index in [4.69, 9.17) is 5.73 Å². The van der Waals surface area contributed by atoms with E-state index in [0.29, 0.717) is 16.6 Å². The van der Waals surface area contributed by atoms with Gasteiger partial charge in [-0.05, 0) is 38.8 Å². The lowest BCUT2D eigenvalue weighted by Crippen LogP contribution is -2.33. The number of carbonyl (C=O) groups is 1. The largest absolute Gasteiger partial charge is 0.397 e. The Morgan fingerprint density at radius 2 is 2.32 bits per heavy atom. The zero-order chi connectivity index (χ0) is 13.6. The summed E-state index contributed by atoms with van der Waals surface area (Å²) in [6, 6.07) is 4.19. The fourth-order valence-corrected chi connectivity index (χ4v) is 3.71. The Kier molecular flexibility index (Phi) is 2.93. The minimum Gasteiger partial charge on any atom is -0.397 e. The summed E-state index contributed by atoms with van der Waals surface area (Å²) in [6.07, 6.45) is 2.16. The third-order valence-electron chi connectivity index (χ3n) is 3.74. The summed E-state index contributed by atoms with van der Waals surface area (Å²) >= 11 is 1.41. The molecule has 1 amide bonds. The standard InChI is InChI=1S/C14H17N3OS/c1-8-5-6-10-11(15)12(19-13(10)16-8)14(18)17-7-3-4-9(17)2/h5-6,9H,3-4,7,15H2,1-2H3. The second-order valence-electron chi connectivity index (χ2n) is 5.14. The van der Waals surface area contributed by atoms with Gasteiger partial charge < -0.3 is 10.6 Å². The first kappa shape index (κ1) is 12.4. The van der Waals surface area contributed by atoms with E-state index in [1.54, 1.807) is 0 Å². The number of rotatable bonds is 1. The molecule has 100 valence electrons. The van der Waals surface area contributed by atoms with Crippen LogP contribution in [0.3, 0.4) is 0 Å². The number of carbonyl (C=O) groups excluding carboxylic acids is 1. The van der Waals surface area contributed by atoms with Gasteiger partial charge in [0.2, 0.25) is 0 Å². The smallest absolute Gasteiger partial charge is 0.266 e. The molecule has 3 heterocycles. The summed E-state index contributed by atoms with van der Waals surface area (Å²) in [6.45, 7) is 4.87. The highest BCUT2D eigenvalue weighted by molar-refractivity contribution is 7.21. The van der Waals surface area contributed by atoms with Crippen molar-refractivity contribution >= 4 is 33.1 Å². The van der Waals surface area contributed by atoms with E-state index in [-0.39, 0.29) is 5.91 Å². The molecular formula is C14H17N3OS. The van der Waals surface area contributed by atoms with Crippen LogP contribution in [0.25, 0.3) is 10.2 Å². The molecule has 1 aliphatic rings. The molecule has 2 aromatic heterocycles. The van der Waals surface area contributed by atoms with Crippen LogP contribution in [0.15, 0.2) is 12.1 Å². The molecule has 1 atom stereocenters. The number of anilines is 1. The van der Waals surface area contributed by atoms with E-state index in [1.807, 2.05) is 24.0 Å². The lowest BCUT2D eigenvalue weighted by Gasteiger charge is -2.20. The molecule has 0 spiro atoms. The van der Waals surface area contributed by atoms with Gasteiger partial charge in [0.25, 0.3) is 5.91 Å². The van der Waals surface area contributed by atoms with Crippen molar-refractivity contribution in [1.29, 1.82) is 0 Å². The average Bonchev–Trinajstić information content (AvgIpc) is 2.93. The Balaban J connectivity index is 2.05. The predicted molar refractivity (Wildman–Crippen MR) is 78.5 cm³/mol. The minimum atomic E-state index is 0.0585. The van der Waals surface area contributed by atoms with Crippen LogP contribution in [0.4, 0.5) is 5.69 Å². The zero-order valence-corrected chi connectivity index (χ0v) is 12.0. The average molecular weight is 275 g/mol. The number of nitrogen functional groups attached to an aromatic ring is 1. The van der Waals surface area contributed by atoms with E-state index in [0.717, 1.165) is 35.3 Å². The summed E-state index contributed by atoms with van der Waals surface area (Å²) in [5, 5.41) is 0.894. The number of likely N-dealkylation sites (tertiary alicyclic amines) is 1. The third-order valence-corrected chi connectivity index (χ3v) is 4.84. The molecule has 0 bridgehead atoms. The molecule has 0 aliphatic carbocycles. The summed E-state index contributed by atoms with van der Waals surface area (Å²) < 4.78 is 0. The van der Waals surface area contributed by atoms with Crippen molar-refractivity contribution in [3.05, 3.63) is 22.7 Å². The molecule has 0 saturated carbocycles. The van der Waals surface area contributed by atoms with Crippen molar-refractivity contribution < 1.29 is 4.79 Å². The molecule has 3 rings (SSSR count). The maximum Gasteiger partial charge on any atom is 0.266 e. The van der Waals surface area contributed by atoms with Crippen molar-refractivity contribution in [3.63, 3.8) is 0 Å². The van der Waals surface area contributed by atoms with Gasteiger partial charge in [0.15, 0.2) is 0 Å². The Labute approximate surface area is 116 Å². The van der Waals surface area contributed by atoms with E-state index >= 15 is 0 Å². The van der Waals surface area contributed by atoms with Crippen LogP contribution in [0.2, 0.25) is 0 Å². The SMILES string of the molecule is Cc1ccc2c(N)c(C(=O)N3CCCC3C)sc2n1. The normalized spacial score (nSPS) is 19.3. The van der Waals surface area contributed by atoms with E-state index in [9.17, 15) is 4.79 Å². The van der Waals surface area contributed by atoms with Gasteiger partial charge in [-0.15, -0.1) is 11.3 Å². The first-order valence-corrected chi connectivity index (χ1v) is 7.36. The first-order chi connectivity index (χ1) is 9.08. The van der Waals surface area contributed by atoms with Crippen LogP contribution in [-0.4, -0.2) is 28.4 Å². The van der Waals surface area contributed by atoms with Crippen LogP contribution in [-0.2, 0) is 0 Å². The van der Waals surface area contributed by atoms with Gasteiger partial charge >= 0.3 is 0 Å². The Hall–Kier alpha value is -1.62. The summed E-state index contributed by atoms with van der Waals surface area (Å²) in [4.78, 5) is 20.4. The Morgan fingerprint density at radius 3 is 3.00 bits per heavy atom. The highest BCUT2D eigenvalue weighted by Gasteiger charge is 2.29. The Bertz CT molecular complexity index is 649. The van der Waals surface area contributed by atoms with Crippen LogP contribution >= 0.6 is 11.3 Å². The summed E-state index contributed by atoms with van der Waals surface area (Å²) in [5.74, 6) is 0.0585. The van der Waals surface area contributed by atoms with Crippen LogP contribution in [0.5, 0.6) is 0 Å². The number of fused-ring (bicyclic) bond motifs is 1. The molecule has 1 unspecified atom stereocenters. The molecule has 0 radical (unpaired) electrons. The lowest BCUT2D eigenvalue weighted by atomic mass is 10.2. The number of aromatic nitrogens is 1. The van der Waals surface area contributed by atoms with Gasteiger partial charge in [-0.25, -0.2) is 4.98 Å². The van der Waals surface area contributed by atoms with Crippen molar-refractivity contribution in [3.8, 4) is 0 Å². The van der Waals surface area contributed by atoms with Crippen molar-refractivity contribution in [2.24, 2.45) is 0 Å². The van der Waals surface area contributed by atoms with Crippen molar-refractivity contribution in [2.45, 2.75) is 32.7 Å². The van der Waals surface area contributed by atoms with E-state index in [2.05, 4.69) is 11.9 Å². The number of pyridine rings is 1. The molecule has 5 heteroatoms. The molecule has 1 fully saturated rings. The van der Waals surface area contributed by atoms with Gasteiger partial charge in [-0.2, -0.15) is 0 Å². The molecule has 2 N–H and O–H groups in total. The number of thiophene rings is 1. The number of nitrogens with two attached hydrogens (primary N) is 1. The molecular weight excluding hydrogens is 258 g/mol. The number of nitrogens with zero attached hydrogens (tertiary/aromatic N) is 2. The fourth-order valence-electron chi connectivity index (χ4n) is 2.61. The van der Waals surface area contributed by atoms with Gasteiger partial charge in [-0.1, -0.05) is 0 Å². The van der Waals surface area contributed by atoms with E-state index < -0.39 is 0 Å². The number of hydrogen-bond donors (Lipinski definition) is 1. The highest BCUT2D eigenvalue weighted by atomic mass is 32.1. The topological polar surface area (TPSA) is 59.2 Å². The van der Waals surface area contributed by atoms with Crippen LogP contribution in [0.1, 0.15) is 35.1 Å². The fraction of sp³-hybridized carbons (Fsp3) is 0.429.